The van der Waals surface area contributed by atoms with Gasteiger partial charge in [0.15, 0.2) is 5.65 Å². The summed E-state index contributed by atoms with van der Waals surface area (Å²) in [5, 5.41) is 4.59. The molecule has 118 valence electrons. The maximum absolute atomic E-state index is 5.94. The van der Waals surface area contributed by atoms with Crippen LogP contribution in [0.5, 0.6) is 0 Å². The number of hydrogen-bond acceptors (Lipinski definition) is 2. The second kappa shape index (κ2) is 7.30. The summed E-state index contributed by atoms with van der Waals surface area (Å²) in [7, 11) is 2.01. The van der Waals surface area contributed by atoms with Crippen molar-refractivity contribution in [1.29, 1.82) is 0 Å². The van der Waals surface area contributed by atoms with Gasteiger partial charge >= 0.3 is 0 Å². The van der Waals surface area contributed by atoms with E-state index in [9.17, 15) is 0 Å². The van der Waals surface area contributed by atoms with Gasteiger partial charge in [-0.3, -0.25) is 4.68 Å². The van der Waals surface area contributed by atoms with Crippen molar-refractivity contribution < 1.29 is 0 Å². The molecule has 2 rings (SSSR count). The Hall–Kier alpha value is -1.03. The lowest BCUT2D eigenvalue weighted by molar-refractivity contribution is 0.504. The number of aromatic nitrogens is 4. The van der Waals surface area contributed by atoms with Gasteiger partial charge in [-0.1, -0.05) is 33.6 Å². The Morgan fingerprint density at radius 1 is 1.24 bits per heavy atom. The Morgan fingerprint density at radius 3 is 2.62 bits per heavy atom. The molecule has 0 atom stereocenters. The Labute approximate surface area is 132 Å². The van der Waals surface area contributed by atoms with Crippen LogP contribution in [0.25, 0.3) is 11.2 Å². The van der Waals surface area contributed by atoms with Crippen molar-refractivity contribution in [3.05, 3.63) is 11.5 Å². The molecule has 4 nitrogen and oxygen atoms in total. The smallest absolute Gasteiger partial charge is 0.158 e. The van der Waals surface area contributed by atoms with Crippen LogP contribution in [0, 0.1) is 5.92 Å². The van der Waals surface area contributed by atoms with E-state index in [0.29, 0.717) is 5.88 Å². The summed E-state index contributed by atoms with van der Waals surface area (Å²) in [6, 6.07) is 0. The number of imidazole rings is 1. The molecular weight excluding hydrogens is 284 g/mol. The average Bonchev–Trinajstić information content (AvgIpc) is 2.93. The molecule has 0 bridgehead atoms. The third kappa shape index (κ3) is 3.60. The van der Waals surface area contributed by atoms with Gasteiger partial charge in [0, 0.05) is 25.9 Å². The van der Waals surface area contributed by atoms with Gasteiger partial charge in [-0.15, -0.1) is 11.6 Å². The van der Waals surface area contributed by atoms with Crippen molar-refractivity contribution >= 4 is 22.8 Å². The first-order valence-corrected chi connectivity index (χ1v) is 8.58. The Balaban J connectivity index is 2.25. The minimum absolute atomic E-state index is 0.615. The second-order valence-corrected chi connectivity index (χ2v) is 6.48. The quantitative estimate of drug-likeness (QED) is 0.547. The topological polar surface area (TPSA) is 35.6 Å². The predicted octanol–water partition coefficient (Wildman–Crippen LogP) is 3.94. The number of alkyl halides is 1. The highest BCUT2D eigenvalue weighted by Crippen LogP contribution is 2.21. The molecule has 2 aromatic heterocycles. The van der Waals surface area contributed by atoms with Crippen LogP contribution in [0.4, 0.5) is 0 Å². The minimum atomic E-state index is 0.615. The van der Waals surface area contributed by atoms with E-state index in [0.717, 1.165) is 48.0 Å². The van der Waals surface area contributed by atoms with E-state index >= 15 is 0 Å². The number of nitrogens with zero attached hydrogens (tertiary/aromatic N) is 4. The number of rotatable bonds is 8. The zero-order valence-electron chi connectivity index (χ0n) is 13.7. The van der Waals surface area contributed by atoms with Crippen LogP contribution in [-0.2, 0) is 26.4 Å². The molecule has 5 heteroatoms. The average molecular weight is 311 g/mol. The van der Waals surface area contributed by atoms with E-state index in [1.54, 1.807) is 0 Å². The van der Waals surface area contributed by atoms with E-state index in [4.69, 9.17) is 16.6 Å². The molecule has 0 aliphatic rings. The third-order valence-corrected chi connectivity index (χ3v) is 4.13. The largest absolute Gasteiger partial charge is 0.313 e. The number of fused-ring (bicyclic) bond motifs is 1. The van der Waals surface area contributed by atoms with Gasteiger partial charge in [-0.05, 0) is 18.8 Å². The minimum Gasteiger partial charge on any atom is -0.313 e. The molecule has 2 heterocycles. The van der Waals surface area contributed by atoms with Crippen molar-refractivity contribution in [2.24, 2.45) is 13.0 Å². The van der Waals surface area contributed by atoms with Crippen LogP contribution in [-0.4, -0.2) is 25.2 Å². The lowest BCUT2D eigenvalue weighted by Crippen LogP contribution is -2.08. The Bertz CT molecular complexity index is 583. The summed E-state index contributed by atoms with van der Waals surface area (Å²) in [5.41, 5.74) is 3.30. The Morgan fingerprint density at radius 2 is 2.00 bits per heavy atom. The zero-order chi connectivity index (χ0) is 15.4. The van der Waals surface area contributed by atoms with Crippen LogP contribution < -0.4 is 0 Å². The standard InChI is InChI=1S/C16H27ClN4/c1-5-13-15-16(20(4)19-13)21(14(18-15)9-10-17)11-7-6-8-12(2)3/h12H,5-11H2,1-4H3. The fourth-order valence-electron chi connectivity index (χ4n) is 2.86. The van der Waals surface area contributed by atoms with Gasteiger partial charge < -0.3 is 4.57 Å². The molecule has 21 heavy (non-hydrogen) atoms. The number of halogens is 1. The summed E-state index contributed by atoms with van der Waals surface area (Å²) < 4.78 is 4.30. The molecule has 0 fully saturated rings. The van der Waals surface area contributed by atoms with E-state index in [1.807, 2.05) is 11.7 Å². The number of aryl methyl sites for hydroxylation is 4. The normalized spacial score (nSPS) is 11.9. The van der Waals surface area contributed by atoms with Crippen molar-refractivity contribution in [1.82, 2.24) is 19.3 Å². The molecule has 0 aliphatic carbocycles. The first-order valence-electron chi connectivity index (χ1n) is 8.05. The molecule has 2 aromatic rings. The molecule has 0 N–H and O–H groups in total. The highest BCUT2D eigenvalue weighted by Gasteiger charge is 2.17. The fraction of sp³-hybridized carbons (Fsp3) is 0.750. The molecule has 0 saturated carbocycles. The summed E-state index contributed by atoms with van der Waals surface area (Å²) in [6.07, 6.45) is 5.47. The lowest BCUT2D eigenvalue weighted by Gasteiger charge is -2.10. The Kier molecular flexibility index (Phi) is 5.68. The second-order valence-electron chi connectivity index (χ2n) is 6.10. The van der Waals surface area contributed by atoms with Gasteiger partial charge in [0.2, 0.25) is 0 Å². The molecule has 0 spiro atoms. The summed E-state index contributed by atoms with van der Waals surface area (Å²) >= 11 is 5.94. The van der Waals surface area contributed by atoms with E-state index in [-0.39, 0.29) is 0 Å². The molecule has 0 aliphatic heterocycles. The van der Waals surface area contributed by atoms with Gasteiger partial charge in [0.25, 0.3) is 0 Å². The first-order chi connectivity index (χ1) is 10.1. The van der Waals surface area contributed by atoms with Crippen LogP contribution in [0.2, 0.25) is 0 Å². The number of unbranched alkanes of at least 4 members (excludes halogenated alkanes) is 1. The van der Waals surface area contributed by atoms with Crippen molar-refractivity contribution in [3.63, 3.8) is 0 Å². The zero-order valence-corrected chi connectivity index (χ0v) is 14.4. The molecular formula is C16H27ClN4. The van der Waals surface area contributed by atoms with Crippen LogP contribution in [0.1, 0.15) is 51.6 Å². The van der Waals surface area contributed by atoms with Gasteiger partial charge in [0.1, 0.15) is 11.3 Å². The fourth-order valence-corrected chi connectivity index (χ4v) is 3.03. The highest BCUT2D eigenvalue weighted by atomic mass is 35.5. The monoisotopic (exact) mass is 310 g/mol. The van der Waals surface area contributed by atoms with E-state index in [2.05, 4.69) is 30.4 Å². The number of hydrogen-bond donors (Lipinski definition) is 0. The van der Waals surface area contributed by atoms with Crippen molar-refractivity contribution in [2.75, 3.05) is 5.88 Å². The van der Waals surface area contributed by atoms with E-state index in [1.165, 1.54) is 19.3 Å². The van der Waals surface area contributed by atoms with Crippen molar-refractivity contribution in [2.45, 2.75) is 59.4 Å². The van der Waals surface area contributed by atoms with Crippen LogP contribution in [0.15, 0.2) is 0 Å². The summed E-state index contributed by atoms with van der Waals surface area (Å²) in [6.45, 7) is 7.70. The van der Waals surface area contributed by atoms with Gasteiger partial charge in [-0.2, -0.15) is 5.10 Å². The highest BCUT2D eigenvalue weighted by molar-refractivity contribution is 6.17. The maximum atomic E-state index is 5.94. The third-order valence-electron chi connectivity index (χ3n) is 3.94. The van der Waals surface area contributed by atoms with Crippen molar-refractivity contribution in [3.8, 4) is 0 Å². The molecule has 0 amide bonds. The maximum Gasteiger partial charge on any atom is 0.158 e. The van der Waals surface area contributed by atoms with E-state index < -0.39 is 0 Å². The predicted molar refractivity (Wildman–Crippen MR) is 89.0 cm³/mol. The summed E-state index contributed by atoms with van der Waals surface area (Å²) in [4.78, 5) is 4.80. The SMILES string of the molecule is CCc1nn(C)c2c1nc(CCCl)n2CCCCC(C)C. The summed E-state index contributed by atoms with van der Waals surface area (Å²) in [5.74, 6) is 2.50. The molecule has 0 radical (unpaired) electrons. The molecule has 0 saturated heterocycles. The van der Waals surface area contributed by atoms with Crippen LogP contribution in [0.3, 0.4) is 0 Å². The molecule has 0 unspecified atom stereocenters. The van der Waals surface area contributed by atoms with Crippen LogP contribution >= 0.6 is 11.6 Å². The first kappa shape index (κ1) is 16.3. The van der Waals surface area contributed by atoms with Gasteiger partial charge in [-0.25, -0.2) is 4.98 Å². The van der Waals surface area contributed by atoms with Gasteiger partial charge in [0.05, 0.1) is 5.69 Å². The molecule has 0 aromatic carbocycles. The lowest BCUT2D eigenvalue weighted by atomic mass is 10.1.